The van der Waals surface area contributed by atoms with Crippen molar-refractivity contribution < 1.29 is 13.6 Å². The normalized spacial score (nSPS) is 10.9. The molecular formula is C21H14Cl2F2N6O. The molecule has 0 radical (unpaired) electrons. The van der Waals surface area contributed by atoms with Crippen molar-refractivity contribution in [2.75, 3.05) is 10.6 Å². The first kappa shape index (κ1) is 21.7. The first-order valence-corrected chi connectivity index (χ1v) is 9.87. The quantitative estimate of drug-likeness (QED) is 0.448. The maximum atomic E-state index is 14.0. The maximum absolute atomic E-state index is 14.0. The van der Waals surface area contributed by atoms with Gasteiger partial charge in [0.15, 0.2) is 11.6 Å². The van der Waals surface area contributed by atoms with E-state index in [1.807, 2.05) is 0 Å². The van der Waals surface area contributed by atoms with Crippen LogP contribution in [0.2, 0.25) is 10.0 Å². The highest BCUT2D eigenvalue weighted by Crippen LogP contribution is 2.36. The van der Waals surface area contributed by atoms with E-state index in [9.17, 15) is 13.6 Å². The topological polar surface area (TPSA) is 89.9 Å². The summed E-state index contributed by atoms with van der Waals surface area (Å²) in [6.07, 6.45) is 2.68. The van der Waals surface area contributed by atoms with Crippen LogP contribution in [-0.4, -0.2) is 25.7 Å². The highest BCUT2D eigenvalue weighted by atomic mass is 35.5. The third-order valence-corrected chi connectivity index (χ3v) is 5.24. The molecule has 0 saturated heterocycles. The van der Waals surface area contributed by atoms with Crippen LogP contribution >= 0.6 is 23.2 Å². The van der Waals surface area contributed by atoms with Crippen molar-refractivity contribution in [2.45, 2.75) is 0 Å². The molecule has 2 aromatic heterocycles. The van der Waals surface area contributed by atoms with Gasteiger partial charge < -0.3 is 5.73 Å². The van der Waals surface area contributed by atoms with Gasteiger partial charge in [0.2, 0.25) is 0 Å². The Morgan fingerprint density at radius 1 is 1.06 bits per heavy atom. The van der Waals surface area contributed by atoms with Gasteiger partial charge in [-0.25, -0.2) is 18.7 Å². The van der Waals surface area contributed by atoms with E-state index in [2.05, 4.69) is 15.1 Å². The number of benzene rings is 2. The zero-order valence-electron chi connectivity index (χ0n) is 16.4. The molecule has 0 bridgehead atoms. The first-order valence-electron chi connectivity index (χ1n) is 9.11. The predicted octanol–water partition coefficient (Wildman–Crippen LogP) is 5.02. The smallest absolute Gasteiger partial charge is 0.282 e. The number of aromatic nitrogens is 4. The number of anilines is 3. The number of aryl methyl sites for hydroxylation is 1. The van der Waals surface area contributed by atoms with Gasteiger partial charge in [-0.15, -0.1) is 0 Å². The van der Waals surface area contributed by atoms with E-state index < -0.39 is 17.5 Å². The summed E-state index contributed by atoms with van der Waals surface area (Å²) in [7, 11) is 1.58. The number of carbonyl (C=O) groups is 1. The van der Waals surface area contributed by atoms with Crippen LogP contribution in [0.25, 0.3) is 11.3 Å². The van der Waals surface area contributed by atoms with Gasteiger partial charge in [-0.05, 0) is 42.5 Å². The molecule has 0 saturated carbocycles. The van der Waals surface area contributed by atoms with E-state index in [0.717, 1.165) is 17.0 Å². The van der Waals surface area contributed by atoms with Gasteiger partial charge in [0, 0.05) is 18.8 Å². The lowest BCUT2D eigenvalue weighted by molar-refractivity contribution is 0.0989. The van der Waals surface area contributed by atoms with Gasteiger partial charge in [0.25, 0.3) is 5.91 Å². The van der Waals surface area contributed by atoms with E-state index in [1.54, 1.807) is 7.05 Å². The fourth-order valence-electron chi connectivity index (χ4n) is 3.08. The summed E-state index contributed by atoms with van der Waals surface area (Å²) in [5.74, 6) is -1.89. The van der Waals surface area contributed by atoms with Gasteiger partial charge in [-0.1, -0.05) is 23.2 Å². The summed E-state index contributed by atoms with van der Waals surface area (Å²) in [6.45, 7) is 0. The summed E-state index contributed by atoms with van der Waals surface area (Å²) in [5, 5.41) is 4.30. The molecule has 32 heavy (non-hydrogen) atoms. The van der Waals surface area contributed by atoms with Crippen molar-refractivity contribution in [3.8, 4) is 11.3 Å². The van der Waals surface area contributed by atoms with Crippen molar-refractivity contribution in [3.63, 3.8) is 0 Å². The Morgan fingerprint density at radius 2 is 1.75 bits per heavy atom. The molecule has 0 spiro atoms. The molecule has 0 aliphatic carbocycles. The average molecular weight is 475 g/mol. The number of nitrogen functional groups attached to an aromatic ring is 1. The van der Waals surface area contributed by atoms with Gasteiger partial charge >= 0.3 is 0 Å². The van der Waals surface area contributed by atoms with Gasteiger partial charge in [0.05, 0.1) is 21.9 Å². The zero-order chi connectivity index (χ0) is 23.0. The molecule has 0 aliphatic heterocycles. The van der Waals surface area contributed by atoms with Crippen LogP contribution in [0.1, 0.15) is 10.5 Å². The van der Waals surface area contributed by atoms with Crippen molar-refractivity contribution in [2.24, 2.45) is 7.05 Å². The van der Waals surface area contributed by atoms with Crippen molar-refractivity contribution in [1.82, 2.24) is 19.7 Å². The van der Waals surface area contributed by atoms with E-state index in [4.69, 9.17) is 28.9 Å². The van der Waals surface area contributed by atoms with Crippen molar-refractivity contribution in [3.05, 3.63) is 82.2 Å². The number of halogens is 4. The number of hydrogen-bond acceptors (Lipinski definition) is 5. The van der Waals surface area contributed by atoms with Crippen LogP contribution in [0, 0.1) is 11.6 Å². The van der Waals surface area contributed by atoms with Crippen LogP contribution in [0.15, 0.2) is 54.9 Å². The molecule has 0 fully saturated rings. The summed E-state index contributed by atoms with van der Waals surface area (Å²) in [4.78, 5) is 22.9. The average Bonchev–Trinajstić information content (AvgIpc) is 3.19. The summed E-state index contributed by atoms with van der Waals surface area (Å²) >= 11 is 12.4. The highest BCUT2D eigenvalue weighted by molar-refractivity contribution is 6.34. The van der Waals surface area contributed by atoms with Crippen molar-refractivity contribution >= 4 is 46.4 Å². The third-order valence-electron chi connectivity index (χ3n) is 4.59. The summed E-state index contributed by atoms with van der Waals surface area (Å²) in [5.41, 5.74) is 6.66. The second-order valence-corrected chi connectivity index (χ2v) is 7.48. The Bertz CT molecular complexity index is 1340. The summed E-state index contributed by atoms with van der Waals surface area (Å²) < 4.78 is 29.1. The first-order chi connectivity index (χ1) is 15.3. The predicted molar refractivity (Wildman–Crippen MR) is 118 cm³/mol. The number of carbonyl (C=O) groups excluding carboxylic acids is 1. The Labute approximate surface area is 191 Å². The van der Waals surface area contributed by atoms with Gasteiger partial charge in [-0.3, -0.25) is 14.4 Å². The Kier molecular flexibility index (Phi) is 5.77. The standard InChI is InChI=1S/C21H14Cl2F2N6O/c1-30-16(6-7-28-30)21(32)31(17-9-12(25)3-5-15(17)23)18-10-27-19(20(26)29-18)13-8-11(24)2-4-14(13)22/h2-10H,1H3,(H2,26,29). The molecule has 0 aliphatic rings. The number of amides is 1. The lowest BCUT2D eigenvalue weighted by Gasteiger charge is -2.23. The molecule has 2 aromatic carbocycles. The molecule has 0 unspecified atom stereocenters. The number of nitrogens with zero attached hydrogens (tertiary/aromatic N) is 5. The maximum Gasteiger partial charge on any atom is 0.282 e. The third kappa shape index (κ3) is 4.00. The molecule has 2 heterocycles. The van der Waals surface area contributed by atoms with Crippen LogP contribution in [0.4, 0.5) is 26.1 Å². The fraction of sp³-hybridized carbons (Fsp3) is 0.0476. The van der Waals surface area contributed by atoms with E-state index >= 15 is 0 Å². The minimum atomic E-state index is -0.615. The molecule has 162 valence electrons. The second kappa shape index (κ2) is 8.52. The van der Waals surface area contributed by atoms with Crippen molar-refractivity contribution in [1.29, 1.82) is 0 Å². The Morgan fingerprint density at radius 3 is 2.41 bits per heavy atom. The minimum absolute atomic E-state index is 0.0301. The van der Waals surface area contributed by atoms with Crippen LogP contribution in [0.3, 0.4) is 0 Å². The van der Waals surface area contributed by atoms with Gasteiger partial charge in [0.1, 0.15) is 23.0 Å². The van der Waals surface area contributed by atoms with E-state index in [0.29, 0.717) is 0 Å². The van der Waals surface area contributed by atoms with E-state index in [-0.39, 0.29) is 44.3 Å². The number of rotatable bonds is 4. The molecule has 11 heteroatoms. The van der Waals surface area contributed by atoms with Crippen LogP contribution < -0.4 is 10.6 Å². The largest absolute Gasteiger partial charge is 0.382 e. The Balaban J connectivity index is 1.87. The monoisotopic (exact) mass is 474 g/mol. The van der Waals surface area contributed by atoms with Gasteiger partial charge in [-0.2, -0.15) is 5.10 Å². The molecule has 4 aromatic rings. The molecule has 7 nitrogen and oxygen atoms in total. The second-order valence-electron chi connectivity index (χ2n) is 6.66. The minimum Gasteiger partial charge on any atom is -0.382 e. The van der Waals surface area contributed by atoms with Crippen LogP contribution in [-0.2, 0) is 7.05 Å². The Hall–Kier alpha value is -3.56. The SMILES string of the molecule is Cn1nccc1C(=O)N(c1cnc(-c2cc(F)ccc2Cl)c(N)n1)c1cc(F)ccc1Cl. The molecule has 1 amide bonds. The number of nitrogens with two attached hydrogens (primary N) is 1. The molecule has 4 rings (SSSR count). The lowest BCUT2D eigenvalue weighted by atomic mass is 10.1. The highest BCUT2D eigenvalue weighted by Gasteiger charge is 2.27. The fourth-order valence-corrected chi connectivity index (χ4v) is 3.49. The molecule has 2 N–H and O–H groups in total. The molecular weight excluding hydrogens is 461 g/mol. The zero-order valence-corrected chi connectivity index (χ0v) is 17.9. The summed E-state index contributed by atoms with van der Waals surface area (Å²) in [6, 6.07) is 8.79. The van der Waals surface area contributed by atoms with E-state index in [1.165, 1.54) is 47.4 Å². The van der Waals surface area contributed by atoms with Crippen LogP contribution in [0.5, 0.6) is 0 Å². The lowest BCUT2D eigenvalue weighted by Crippen LogP contribution is -2.29. The number of hydrogen-bond donors (Lipinski definition) is 1. The molecule has 0 atom stereocenters.